The van der Waals surface area contributed by atoms with Gasteiger partial charge >= 0.3 is 0 Å². The van der Waals surface area contributed by atoms with Gasteiger partial charge in [-0.1, -0.05) is 176 Å². The van der Waals surface area contributed by atoms with Crippen molar-refractivity contribution in [2.45, 2.75) is 0 Å². The predicted octanol–water partition coefficient (Wildman–Crippen LogP) is 15.5. The minimum Gasteiger partial charge on any atom is -0.455 e. The lowest BCUT2D eigenvalue weighted by Gasteiger charge is -2.29. The van der Waals surface area contributed by atoms with E-state index in [1.165, 1.54) is 43.8 Å². The van der Waals surface area contributed by atoms with Crippen LogP contribution in [0.25, 0.3) is 87.6 Å². The van der Waals surface area contributed by atoms with Crippen LogP contribution in [0.2, 0.25) is 0 Å². The fourth-order valence-corrected chi connectivity index (χ4v) is 8.61. The Labute approximate surface area is 325 Å². The van der Waals surface area contributed by atoms with Crippen molar-refractivity contribution in [1.82, 2.24) is 0 Å². The molecule has 262 valence electrons. The number of hydrogen-bond acceptors (Lipinski definition) is 2. The fourth-order valence-electron chi connectivity index (χ4n) is 8.61. The van der Waals surface area contributed by atoms with Gasteiger partial charge in [0.15, 0.2) is 0 Å². The molecule has 11 aromatic rings. The zero-order valence-corrected chi connectivity index (χ0v) is 30.6. The maximum Gasteiger partial charge on any atom is 0.143 e. The maximum absolute atomic E-state index is 6.65. The Hall–Kier alpha value is -7.42. The van der Waals surface area contributed by atoms with E-state index in [9.17, 15) is 0 Å². The van der Waals surface area contributed by atoms with Crippen LogP contribution >= 0.6 is 0 Å². The summed E-state index contributed by atoms with van der Waals surface area (Å²) in [6, 6.07) is 76.4. The quantitative estimate of drug-likeness (QED) is 0.171. The standard InChI is InChI=1S/C54H35NO/c1-3-17-43-38(12-1)14-9-21-44(43)40-28-26-36(27-29-40)37-30-33-42(34-31-37)55(50-24-11-15-39-13-2-4-18-45(39)50)51-23-7-5-19-46(51)48-22-10-16-41-32-35-49-47-20-6-8-25-52(47)56-54(49)53(41)48/h1-35H. The number of fused-ring (bicyclic) bond motifs is 7. The first-order valence-electron chi connectivity index (χ1n) is 19.2. The van der Waals surface area contributed by atoms with E-state index >= 15 is 0 Å². The number of rotatable bonds is 6. The van der Waals surface area contributed by atoms with Crippen molar-refractivity contribution < 1.29 is 4.42 Å². The second-order valence-corrected chi connectivity index (χ2v) is 14.4. The van der Waals surface area contributed by atoms with E-state index in [1.807, 2.05) is 6.07 Å². The number of furan rings is 1. The third-order valence-corrected chi connectivity index (χ3v) is 11.3. The van der Waals surface area contributed by atoms with E-state index < -0.39 is 0 Å². The molecular formula is C54H35NO. The van der Waals surface area contributed by atoms with Gasteiger partial charge in [-0.15, -0.1) is 0 Å². The molecule has 0 aliphatic carbocycles. The molecule has 0 saturated carbocycles. The number of benzene rings is 10. The molecule has 1 aromatic heterocycles. The minimum atomic E-state index is 0.902. The SMILES string of the molecule is c1ccc(N(c2ccc(-c3ccc(-c4cccc5ccccc45)cc3)cc2)c2cccc3ccccc23)c(-c2cccc3ccc4c5ccccc5oc4c23)c1. The van der Waals surface area contributed by atoms with E-state index in [0.717, 1.165) is 60.9 Å². The normalized spacial score (nSPS) is 11.6. The summed E-state index contributed by atoms with van der Waals surface area (Å²) in [5.74, 6) is 0. The molecule has 10 aromatic carbocycles. The fraction of sp³-hybridized carbons (Fsp3) is 0. The van der Waals surface area contributed by atoms with Crippen molar-refractivity contribution in [2.24, 2.45) is 0 Å². The van der Waals surface area contributed by atoms with Crippen LogP contribution < -0.4 is 4.90 Å². The van der Waals surface area contributed by atoms with E-state index in [-0.39, 0.29) is 0 Å². The van der Waals surface area contributed by atoms with Crippen molar-refractivity contribution in [3.8, 4) is 33.4 Å². The Morgan fingerprint density at radius 2 is 0.839 bits per heavy atom. The summed E-state index contributed by atoms with van der Waals surface area (Å²) < 4.78 is 6.65. The first-order valence-corrected chi connectivity index (χ1v) is 19.2. The van der Waals surface area contributed by atoms with Gasteiger partial charge in [0.25, 0.3) is 0 Å². The van der Waals surface area contributed by atoms with Crippen LogP contribution in [0.1, 0.15) is 0 Å². The van der Waals surface area contributed by atoms with Crippen molar-refractivity contribution in [2.75, 3.05) is 4.90 Å². The molecule has 2 nitrogen and oxygen atoms in total. The summed E-state index contributed by atoms with van der Waals surface area (Å²) in [5, 5.41) is 9.44. The van der Waals surface area contributed by atoms with Crippen LogP contribution in [-0.2, 0) is 0 Å². The van der Waals surface area contributed by atoms with Gasteiger partial charge in [-0.3, -0.25) is 0 Å². The second kappa shape index (κ2) is 13.2. The first-order chi connectivity index (χ1) is 27.8. The third-order valence-electron chi connectivity index (χ3n) is 11.3. The molecule has 0 saturated heterocycles. The van der Waals surface area contributed by atoms with Gasteiger partial charge in [-0.05, 0) is 85.8 Å². The van der Waals surface area contributed by atoms with Crippen LogP contribution in [0.5, 0.6) is 0 Å². The molecule has 1 heterocycles. The van der Waals surface area contributed by atoms with Gasteiger partial charge in [0.1, 0.15) is 11.2 Å². The highest BCUT2D eigenvalue weighted by atomic mass is 16.3. The van der Waals surface area contributed by atoms with Gasteiger partial charge in [-0.25, -0.2) is 0 Å². The Morgan fingerprint density at radius 3 is 1.64 bits per heavy atom. The molecular weight excluding hydrogens is 679 g/mol. The molecule has 0 bridgehead atoms. The zero-order valence-electron chi connectivity index (χ0n) is 30.6. The van der Waals surface area contributed by atoms with Crippen LogP contribution in [0.4, 0.5) is 17.1 Å². The van der Waals surface area contributed by atoms with E-state index in [0.29, 0.717) is 0 Å². The molecule has 0 amide bonds. The lowest BCUT2D eigenvalue weighted by Crippen LogP contribution is -2.11. The zero-order chi connectivity index (χ0) is 37.0. The summed E-state index contributed by atoms with van der Waals surface area (Å²) in [6.07, 6.45) is 0. The largest absolute Gasteiger partial charge is 0.455 e. The highest BCUT2D eigenvalue weighted by molar-refractivity contribution is 6.19. The van der Waals surface area contributed by atoms with Crippen LogP contribution in [-0.4, -0.2) is 0 Å². The van der Waals surface area contributed by atoms with Crippen molar-refractivity contribution in [3.63, 3.8) is 0 Å². The van der Waals surface area contributed by atoms with Crippen LogP contribution in [0.3, 0.4) is 0 Å². The summed E-state index contributed by atoms with van der Waals surface area (Å²) in [5.41, 5.74) is 12.2. The monoisotopic (exact) mass is 713 g/mol. The van der Waals surface area contributed by atoms with E-state index in [4.69, 9.17) is 4.42 Å². The molecule has 0 aliphatic rings. The van der Waals surface area contributed by atoms with Gasteiger partial charge in [0.2, 0.25) is 0 Å². The predicted molar refractivity (Wildman–Crippen MR) is 237 cm³/mol. The molecule has 11 rings (SSSR count). The Bertz CT molecular complexity index is 3230. The van der Waals surface area contributed by atoms with Gasteiger partial charge in [0, 0.05) is 32.8 Å². The summed E-state index contributed by atoms with van der Waals surface area (Å²) >= 11 is 0. The molecule has 0 fully saturated rings. The molecule has 0 spiro atoms. The molecule has 56 heavy (non-hydrogen) atoms. The van der Waals surface area contributed by atoms with Gasteiger partial charge in [0.05, 0.1) is 11.4 Å². The van der Waals surface area contributed by atoms with E-state index in [2.05, 4.69) is 211 Å². The van der Waals surface area contributed by atoms with E-state index in [1.54, 1.807) is 0 Å². The first kappa shape index (κ1) is 32.0. The molecule has 0 radical (unpaired) electrons. The average Bonchev–Trinajstić information content (AvgIpc) is 3.66. The number of nitrogens with zero attached hydrogens (tertiary/aromatic N) is 1. The molecule has 2 heteroatoms. The Balaban J connectivity index is 1.06. The summed E-state index contributed by atoms with van der Waals surface area (Å²) in [6.45, 7) is 0. The number of para-hydroxylation sites is 2. The average molecular weight is 714 g/mol. The Morgan fingerprint density at radius 1 is 0.304 bits per heavy atom. The lowest BCUT2D eigenvalue weighted by molar-refractivity contribution is 0.673. The molecule has 0 atom stereocenters. The molecule has 0 N–H and O–H groups in total. The third kappa shape index (κ3) is 5.26. The summed E-state index contributed by atoms with van der Waals surface area (Å²) in [4.78, 5) is 2.42. The molecule has 0 aliphatic heterocycles. The second-order valence-electron chi connectivity index (χ2n) is 14.4. The van der Waals surface area contributed by atoms with Gasteiger partial charge < -0.3 is 9.32 Å². The van der Waals surface area contributed by atoms with Crippen molar-refractivity contribution >= 4 is 71.3 Å². The topological polar surface area (TPSA) is 16.4 Å². The lowest BCUT2D eigenvalue weighted by atomic mass is 9.94. The molecule has 0 unspecified atom stereocenters. The van der Waals surface area contributed by atoms with Crippen molar-refractivity contribution in [3.05, 3.63) is 212 Å². The van der Waals surface area contributed by atoms with Gasteiger partial charge in [-0.2, -0.15) is 0 Å². The highest BCUT2D eigenvalue weighted by Crippen LogP contribution is 2.47. The van der Waals surface area contributed by atoms with Crippen molar-refractivity contribution in [1.29, 1.82) is 0 Å². The summed E-state index contributed by atoms with van der Waals surface area (Å²) in [7, 11) is 0. The number of hydrogen-bond donors (Lipinski definition) is 0. The van der Waals surface area contributed by atoms with Crippen LogP contribution in [0.15, 0.2) is 217 Å². The highest BCUT2D eigenvalue weighted by Gasteiger charge is 2.22. The minimum absolute atomic E-state index is 0.902. The van der Waals surface area contributed by atoms with Crippen LogP contribution in [0, 0.1) is 0 Å². The Kier molecular flexibility index (Phi) is 7.53. The maximum atomic E-state index is 6.65. The smallest absolute Gasteiger partial charge is 0.143 e. The number of anilines is 3.